The van der Waals surface area contributed by atoms with Gasteiger partial charge in [-0.3, -0.25) is 19.0 Å². The van der Waals surface area contributed by atoms with Gasteiger partial charge in [0, 0.05) is 23.4 Å². The number of Topliss-reactive ketones (excluding diaryl/α,β-unsaturated/α-hetero) is 1. The molecule has 1 aliphatic rings. The number of anilines is 1. The Hall–Kier alpha value is -3.74. The number of aromatic nitrogens is 1. The molecule has 2 aromatic carbocycles. The number of rotatable bonds is 4. The molecular weight excluding hydrogens is 387 g/mol. The lowest BCUT2D eigenvalue weighted by Crippen LogP contribution is -2.33. The van der Waals surface area contributed by atoms with Gasteiger partial charge < -0.3 is 10.1 Å². The molecule has 0 atom stereocenters. The van der Waals surface area contributed by atoms with Gasteiger partial charge in [-0.15, -0.1) is 0 Å². The van der Waals surface area contributed by atoms with Crippen LogP contribution in [0.1, 0.15) is 39.3 Å². The summed E-state index contributed by atoms with van der Waals surface area (Å²) in [6.07, 6.45) is 1.52. The van der Waals surface area contributed by atoms with Gasteiger partial charge in [0.1, 0.15) is 17.1 Å². The number of pyridine rings is 1. The highest BCUT2D eigenvalue weighted by atomic mass is 19.1. The van der Waals surface area contributed by atoms with E-state index in [1.54, 1.807) is 30.3 Å². The minimum Gasteiger partial charge on any atom is -0.497 e. The van der Waals surface area contributed by atoms with Crippen molar-refractivity contribution in [2.24, 2.45) is 0 Å². The fraction of sp³-hybridized carbons (Fsp3) is 0.174. The second-order valence-electron chi connectivity index (χ2n) is 6.97. The minimum absolute atomic E-state index is 0.0399. The Bertz CT molecular complexity index is 1200. The molecule has 0 aliphatic heterocycles. The number of hydrogen-bond acceptors (Lipinski definition) is 4. The molecule has 152 valence electrons. The molecule has 4 rings (SSSR count). The zero-order valence-electron chi connectivity index (χ0n) is 16.3. The lowest BCUT2D eigenvalue weighted by Gasteiger charge is -2.22. The van der Waals surface area contributed by atoms with Crippen LogP contribution in [0.25, 0.3) is 5.69 Å². The van der Waals surface area contributed by atoms with Crippen molar-refractivity contribution in [3.8, 4) is 11.4 Å². The Morgan fingerprint density at radius 1 is 1.07 bits per heavy atom. The van der Waals surface area contributed by atoms with Gasteiger partial charge in [-0.05, 0) is 55.3 Å². The first-order valence-corrected chi connectivity index (χ1v) is 9.52. The number of halogens is 1. The smallest absolute Gasteiger partial charge is 0.268 e. The Labute approximate surface area is 171 Å². The molecule has 0 radical (unpaired) electrons. The Balaban J connectivity index is 1.86. The summed E-state index contributed by atoms with van der Waals surface area (Å²) in [6.45, 7) is 0. The molecular formula is C23H19FN2O4. The molecule has 1 heterocycles. The van der Waals surface area contributed by atoms with E-state index < -0.39 is 17.3 Å². The van der Waals surface area contributed by atoms with Gasteiger partial charge in [0.05, 0.1) is 12.8 Å². The largest absolute Gasteiger partial charge is 0.497 e. The molecule has 6 nitrogen and oxygen atoms in total. The highest BCUT2D eigenvalue weighted by Gasteiger charge is 2.26. The van der Waals surface area contributed by atoms with Crippen LogP contribution < -0.4 is 15.6 Å². The second-order valence-corrected chi connectivity index (χ2v) is 6.97. The summed E-state index contributed by atoms with van der Waals surface area (Å²) in [5, 5.41) is 2.43. The zero-order chi connectivity index (χ0) is 21.3. The molecule has 0 unspecified atom stereocenters. The summed E-state index contributed by atoms with van der Waals surface area (Å²) in [4.78, 5) is 38.7. The molecule has 7 heteroatoms. The molecule has 0 fully saturated rings. The van der Waals surface area contributed by atoms with E-state index in [0.717, 1.165) is 0 Å². The maximum Gasteiger partial charge on any atom is 0.268 e. The van der Waals surface area contributed by atoms with Crippen LogP contribution in [0.5, 0.6) is 5.75 Å². The summed E-state index contributed by atoms with van der Waals surface area (Å²) in [5.41, 5.74) is 0.610. The van der Waals surface area contributed by atoms with Crippen molar-refractivity contribution in [2.75, 3.05) is 12.4 Å². The highest BCUT2D eigenvalue weighted by Crippen LogP contribution is 2.25. The predicted octanol–water partition coefficient (Wildman–Crippen LogP) is 3.76. The van der Waals surface area contributed by atoms with Crippen LogP contribution in [0, 0.1) is 5.82 Å². The zero-order valence-corrected chi connectivity index (χ0v) is 16.3. The van der Waals surface area contributed by atoms with E-state index in [0.29, 0.717) is 42.0 Å². The lowest BCUT2D eigenvalue weighted by atomic mass is 9.92. The van der Waals surface area contributed by atoms with E-state index in [1.165, 1.54) is 35.9 Å². The molecule has 30 heavy (non-hydrogen) atoms. The topological polar surface area (TPSA) is 77.4 Å². The van der Waals surface area contributed by atoms with Crippen LogP contribution in [0.4, 0.5) is 10.1 Å². The van der Waals surface area contributed by atoms with Crippen LogP contribution >= 0.6 is 0 Å². The quantitative estimate of drug-likeness (QED) is 0.716. The number of amides is 1. The van der Waals surface area contributed by atoms with Crippen LogP contribution in [0.15, 0.2) is 59.4 Å². The first-order valence-electron chi connectivity index (χ1n) is 9.52. The van der Waals surface area contributed by atoms with Crippen molar-refractivity contribution in [1.29, 1.82) is 0 Å². The monoisotopic (exact) mass is 406 g/mol. The van der Waals surface area contributed by atoms with Gasteiger partial charge in [-0.1, -0.05) is 12.1 Å². The minimum atomic E-state index is -0.770. The average molecular weight is 406 g/mol. The Morgan fingerprint density at radius 3 is 2.50 bits per heavy atom. The molecule has 1 aliphatic carbocycles. The summed E-state index contributed by atoms with van der Waals surface area (Å²) in [7, 11) is 1.54. The number of ketones is 1. The SMILES string of the molecule is COc1ccc(-n2c3c(cc(C(=O)Nc4ccccc4F)c2=O)C(=O)CCC3)cc1. The van der Waals surface area contributed by atoms with Crippen molar-refractivity contribution >= 4 is 17.4 Å². The second kappa shape index (κ2) is 7.94. The van der Waals surface area contributed by atoms with Gasteiger partial charge in [0.15, 0.2) is 5.78 Å². The van der Waals surface area contributed by atoms with E-state index in [9.17, 15) is 18.8 Å². The molecule has 0 bridgehead atoms. The van der Waals surface area contributed by atoms with Gasteiger partial charge in [-0.2, -0.15) is 0 Å². The highest BCUT2D eigenvalue weighted by molar-refractivity contribution is 6.06. The number of fused-ring (bicyclic) bond motifs is 1. The van der Waals surface area contributed by atoms with Crippen LogP contribution in [0.3, 0.4) is 0 Å². The van der Waals surface area contributed by atoms with E-state index in [4.69, 9.17) is 4.74 Å². The third-order valence-corrected chi connectivity index (χ3v) is 5.12. The Morgan fingerprint density at radius 2 is 1.80 bits per heavy atom. The Kier molecular flexibility index (Phi) is 5.18. The van der Waals surface area contributed by atoms with Gasteiger partial charge in [0.25, 0.3) is 11.5 Å². The first-order chi connectivity index (χ1) is 14.5. The van der Waals surface area contributed by atoms with E-state index in [1.807, 2.05) is 0 Å². The standard InChI is InChI=1S/C23H19FN2O4/c1-30-15-11-9-14(10-12-15)26-20-7-4-8-21(27)16(20)13-17(23(26)29)22(28)25-19-6-3-2-5-18(19)24/h2-3,5-6,9-13H,4,7-8H2,1H3,(H,25,28). The fourth-order valence-corrected chi connectivity index (χ4v) is 3.61. The maximum atomic E-state index is 14.0. The molecule has 0 saturated carbocycles. The van der Waals surface area contributed by atoms with Crippen molar-refractivity contribution in [1.82, 2.24) is 4.57 Å². The normalized spacial score (nSPS) is 12.9. The van der Waals surface area contributed by atoms with Crippen molar-refractivity contribution in [3.63, 3.8) is 0 Å². The number of ether oxygens (including phenoxy) is 1. The fourth-order valence-electron chi connectivity index (χ4n) is 3.61. The van der Waals surface area contributed by atoms with E-state index in [2.05, 4.69) is 5.32 Å². The number of para-hydroxylation sites is 1. The molecule has 0 saturated heterocycles. The summed E-state index contributed by atoms with van der Waals surface area (Å²) in [6, 6.07) is 13.8. The van der Waals surface area contributed by atoms with Crippen LogP contribution in [0.2, 0.25) is 0 Å². The summed E-state index contributed by atoms with van der Waals surface area (Å²) < 4.78 is 20.5. The number of hydrogen-bond donors (Lipinski definition) is 1. The number of benzene rings is 2. The first kappa shape index (κ1) is 19.6. The predicted molar refractivity (Wildman–Crippen MR) is 110 cm³/mol. The number of carbonyl (C=O) groups excluding carboxylic acids is 2. The van der Waals surface area contributed by atoms with Gasteiger partial charge in [0.2, 0.25) is 0 Å². The number of carbonyl (C=O) groups is 2. The lowest BCUT2D eigenvalue weighted by molar-refractivity contribution is 0.0971. The summed E-state index contributed by atoms with van der Waals surface area (Å²) in [5.74, 6) is -0.896. The summed E-state index contributed by atoms with van der Waals surface area (Å²) >= 11 is 0. The van der Waals surface area contributed by atoms with Crippen molar-refractivity contribution in [3.05, 3.63) is 87.6 Å². The van der Waals surface area contributed by atoms with Crippen LogP contribution in [-0.4, -0.2) is 23.4 Å². The number of methoxy groups -OCH3 is 1. The molecule has 0 spiro atoms. The van der Waals surface area contributed by atoms with E-state index >= 15 is 0 Å². The number of nitrogens with zero attached hydrogens (tertiary/aromatic N) is 1. The molecule has 1 aromatic heterocycles. The molecule has 1 amide bonds. The average Bonchev–Trinajstić information content (AvgIpc) is 2.75. The van der Waals surface area contributed by atoms with Crippen molar-refractivity contribution < 1.29 is 18.7 Å². The molecule has 1 N–H and O–H groups in total. The third kappa shape index (κ3) is 3.50. The van der Waals surface area contributed by atoms with Gasteiger partial charge in [-0.25, -0.2) is 4.39 Å². The van der Waals surface area contributed by atoms with E-state index in [-0.39, 0.29) is 17.0 Å². The van der Waals surface area contributed by atoms with Crippen molar-refractivity contribution in [2.45, 2.75) is 19.3 Å². The number of nitrogens with one attached hydrogen (secondary N) is 1. The maximum absolute atomic E-state index is 14.0. The third-order valence-electron chi connectivity index (χ3n) is 5.12. The van der Waals surface area contributed by atoms with Gasteiger partial charge >= 0.3 is 0 Å². The van der Waals surface area contributed by atoms with Crippen LogP contribution in [-0.2, 0) is 6.42 Å². The molecule has 3 aromatic rings.